The predicted molar refractivity (Wildman–Crippen MR) is 60.1 cm³/mol. The second-order valence-corrected chi connectivity index (χ2v) is 3.29. The van der Waals surface area contributed by atoms with Crippen molar-refractivity contribution in [3.05, 3.63) is 0 Å². The maximum Gasteiger partial charge on any atom is 0.373 e. The normalized spacial score (nSPS) is 7.41. The van der Waals surface area contributed by atoms with Crippen molar-refractivity contribution in [2.45, 2.75) is 35.1 Å². The third-order valence-electron chi connectivity index (χ3n) is 1.01. The van der Waals surface area contributed by atoms with Crippen molar-refractivity contribution in [3.63, 3.8) is 0 Å². The lowest BCUT2D eigenvalue weighted by molar-refractivity contribution is -0.191. The second kappa shape index (κ2) is 16.6. The number of ketones is 1. The highest BCUT2D eigenvalue weighted by Gasteiger charge is 2.14. The second-order valence-electron chi connectivity index (χ2n) is 3.29. The standard InChI is InChI=1S/C5H8O3.C4H8O.CO2.CH4/c1-3(2)4(6)5(7)8;1-4(2)3-5;2-1-3;/h3H,1-2H3,(H,7,8);3-4H,1-2H3;;1H4. The van der Waals surface area contributed by atoms with Crippen LogP contribution in [0.25, 0.3) is 0 Å². The van der Waals surface area contributed by atoms with Gasteiger partial charge < -0.3 is 9.90 Å². The fourth-order valence-electron chi connectivity index (χ4n) is 0.247. The zero-order chi connectivity index (χ0) is 13.7. The molecule has 0 aliphatic carbocycles. The molecule has 0 unspecified atom stereocenters. The minimum absolute atomic E-state index is 0. The van der Waals surface area contributed by atoms with E-state index in [-0.39, 0.29) is 19.5 Å². The van der Waals surface area contributed by atoms with Crippen LogP contribution in [0.3, 0.4) is 0 Å². The Labute approximate surface area is 101 Å². The molecule has 100 valence electrons. The minimum atomic E-state index is -1.35. The van der Waals surface area contributed by atoms with Crippen molar-refractivity contribution in [1.82, 2.24) is 0 Å². The van der Waals surface area contributed by atoms with E-state index in [1.54, 1.807) is 13.8 Å². The molecule has 0 aliphatic heterocycles. The molecule has 1 N–H and O–H groups in total. The Morgan fingerprint density at radius 3 is 1.35 bits per heavy atom. The summed E-state index contributed by atoms with van der Waals surface area (Å²) in [5, 5.41) is 8.00. The minimum Gasteiger partial charge on any atom is -0.475 e. The molecule has 0 aromatic rings. The average Bonchev–Trinajstić information content (AvgIpc) is 2.18. The van der Waals surface area contributed by atoms with E-state index in [0.717, 1.165) is 6.29 Å². The van der Waals surface area contributed by atoms with Crippen LogP contribution in [0.4, 0.5) is 0 Å². The zero-order valence-corrected chi connectivity index (χ0v) is 9.72. The zero-order valence-electron chi connectivity index (χ0n) is 9.72. The summed E-state index contributed by atoms with van der Waals surface area (Å²) in [5.41, 5.74) is 0. The average molecular weight is 248 g/mol. The summed E-state index contributed by atoms with van der Waals surface area (Å²) in [4.78, 5) is 45.8. The first-order valence-corrected chi connectivity index (χ1v) is 4.46. The van der Waals surface area contributed by atoms with E-state index in [9.17, 15) is 14.4 Å². The lowest BCUT2D eigenvalue weighted by atomic mass is 10.1. The number of hydrogen-bond donors (Lipinski definition) is 1. The van der Waals surface area contributed by atoms with Gasteiger partial charge in [0, 0.05) is 11.8 Å². The molecule has 6 heteroatoms. The van der Waals surface area contributed by atoms with Crippen molar-refractivity contribution in [2.75, 3.05) is 0 Å². The quantitative estimate of drug-likeness (QED) is 0.594. The van der Waals surface area contributed by atoms with Crippen LogP contribution in [0, 0.1) is 11.8 Å². The fraction of sp³-hybridized carbons (Fsp3) is 0.636. The first-order valence-electron chi connectivity index (χ1n) is 4.46. The summed E-state index contributed by atoms with van der Waals surface area (Å²) in [6.45, 7) is 6.81. The molecule has 0 aromatic heterocycles. The Kier molecular flexibility index (Phi) is 23.9. The van der Waals surface area contributed by atoms with Gasteiger partial charge in [0.1, 0.15) is 6.29 Å². The van der Waals surface area contributed by atoms with E-state index >= 15 is 0 Å². The van der Waals surface area contributed by atoms with Crippen LogP contribution >= 0.6 is 0 Å². The molecule has 6 nitrogen and oxygen atoms in total. The van der Waals surface area contributed by atoms with E-state index in [4.69, 9.17) is 14.7 Å². The molecule has 0 aromatic carbocycles. The number of carbonyl (C=O) groups excluding carboxylic acids is 4. The first kappa shape index (κ1) is 24.4. The van der Waals surface area contributed by atoms with Crippen LogP contribution < -0.4 is 0 Å². The Bertz CT molecular complexity index is 249. The van der Waals surface area contributed by atoms with Gasteiger partial charge in [-0.25, -0.2) is 4.79 Å². The summed E-state index contributed by atoms with van der Waals surface area (Å²) in [5.74, 6) is -2.27. The molecular weight excluding hydrogens is 228 g/mol. The van der Waals surface area contributed by atoms with Gasteiger partial charge in [0.2, 0.25) is 5.78 Å². The highest BCUT2D eigenvalue weighted by Crippen LogP contribution is 1.92. The molecule has 0 saturated carbocycles. The third kappa shape index (κ3) is 31.4. The summed E-state index contributed by atoms with van der Waals surface area (Å²) in [7, 11) is 0. The Morgan fingerprint density at radius 2 is 1.35 bits per heavy atom. The van der Waals surface area contributed by atoms with Crippen LogP contribution in [0.1, 0.15) is 35.1 Å². The number of hydrogen-bond acceptors (Lipinski definition) is 5. The predicted octanol–water partition coefficient (Wildman–Crippen LogP) is 1.19. The molecule has 0 aliphatic rings. The monoisotopic (exact) mass is 248 g/mol. The van der Waals surface area contributed by atoms with E-state index < -0.39 is 17.7 Å². The maximum atomic E-state index is 10.2. The maximum absolute atomic E-state index is 10.2. The highest BCUT2D eigenvalue weighted by atomic mass is 16.4. The molecule has 17 heavy (non-hydrogen) atoms. The molecular formula is C11H20O6. The van der Waals surface area contributed by atoms with Crippen LogP contribution in [0.15, 0.2) is 0 Å². The van der Waals surface area contributed by atoms with Crippen LogP contribution in [0.2, 0.25) is 0 Å². The Balaban J connectivity index is -0.0000000815. The topological polar surface area (TPSA) is 106 Å². The first-order chi connectivity index (χ1) is 7.24. The molecule has 0 radical (unpaired) electrons. The van der Waals surface area contributed by atoms with Gasteiger partial charge in [-0.15, -0.1) is 0 Å². The lowest BCUT2D eigenvalue weighted by Gasteiger charge is -1.93. The number of aliphatic carboxylic acids is 1. The molecule has 0 heterocycles. The van der Waals surface area contributed by atoms with Crippen molar-refractivity contribution < 1.29 is 29.1 Å². The van der Waals surface area contributed by atoms with Crippen molar-refractivity contribution in [3.8, 4) is 0 Å². The smallest absolute Gasteiger partial charge is 0.373 e. The molecule has 0 amide bonds. The van der Waals surface area contributed by atoms with E-state index in [1.165, 1.54) is 0 Å². The molecule has 0 atom stereocenters. The van der Waals surface area contributed by atoms with Crippen LogP contribution in [-0.2, 0) is 24.0 Å². The van der Waals surface area contributed by atoms with Gasteiger partial charge >= 0.3 is 12.1 Å². The van der Waals surface area contributed by atoms with E-state index in [1.807, 2.05) is 13.8 Å². The number of aldehydes is 1. The van der Waals surface area contributed by atoms with E-state index in [0.29, 0.717) is 0 Å². The lowest BCUT2D eigenvalue weighted by Crippen LogP contribution is -2.18. The fourth-order valence-corrected chi connectivity index (χ4v) is 0.247. The largest absolute Gasteiger partial charge is 0.475 e. The van der Waals surface area contributed by atoms with Gasteiger partial charge in [-0.1, -0.05) is 35.1 Å². The molecule has 0 fully saturated rings. The van der Waals surface area contributed by atoms with Gasteiger partial charge in [0.15, 0.2) is 0 Å². The van der Waals surface area contributed by atoms with Gasteiger partial charge in [0.05, 0.1) is 0 Å². The number of carboxylic acid groups (broad SMARTS) is 1. The van der Waals surface area contributed by atoms with E-state index in [2.05, 4.69) is 0 Å². The molecule has 0 bridgehead atoms. The van der Waals surface area contributed by atoms with Crippen LogP contribution in [-0.4, -0.2) is 29.3 Å². The summed E-state index contributed by atoms with van der Waals surface area (Å²) < 4.78 is 0. The highest BCUT2D eigenvalue weighted by molar-refractivity contribution is 6.33. The Hall–Kier alpha value is -1.81. The van der Waals surface area contributed by atoms with Gasteiger partial charge in [-0.2, -0.15) is 9.59 Å². The number of carbonyl (C=O) groups is 3. The van der Waals surface area contributed by atoms with Gasteiger partial charge in [0.25, 0.3) is 0 Å². The molecule has 0 spiro atoms. The Morgan fingerprint density at radius 1 is 1.12 bits per heavy atom. The van der Waals surface area contributed by atoms with Gasteiger partial charge in [-0.3, -0.25) is 4.79 Å². The van der Waals surface area contributed by atoms with Crippen LogP contribution in [0.5, 0.6) is 0 Å². The third-order valence-corrected chi connectivity index (χ3v) is 1.01. The molecule has 0 rings (SSSR count). The van der Waals surface area contributed by atoms with Crippen molar-refractivity contribution in [1.29, 1.82) is 0 Å². The summed E-state index contributed by atoms with van der Waals surface area (Å²) in [6.07, 6.45) is 1.17. The number of Topliss-reactive ketones (excluding diaryl/α,β-unsaturated/α-hetero) is 1. The number of rotatable bonds is 3. The van der Waals surface area contributed by atoms with Gasteiger partial charge in [-0.05, 0) is 0 Å². The summed E-state index contributed by atoms with van der Waals surface area (Å²) >= 11 is 0. The molecule has 0 saturated heterocycles. The van der Waals surface area contributed by atoms with Crippen molar-refractivity contribution >= 4 is 24.2 Å². The summed E-state index contributed by atoms with van der Waals surface area (Å²) in [6, 6.07) is 0. The SMILES string of the molecule is C.CC(C)C(=O)C(=O)O.CC(C)C=O.O=C=O. The number of carboxylic acids is 1. The van der Waals surface area contributed by atoms with Crippen molar-refractivity contribution in [2.24, 2.45) is 11.8 Å².